The number of hydrogen-bond donors (Lipinski definition) is 1. The summed E-state index contributed by atoms with van der Waals surface area (Å²) in [6.07, 6.45) is 6.76. The van der Waals surface area contributed by atoms with Crippen LogP contribution in [0.5, 0.6) is 0 Å². The van der Waals surface area contributed by atoms with Crippen LogP contribution in [0.25, 0.3) is 0 Å². The Bertz CT molecular complexity index is 256. The molecule has 0 aromatic rings. The molecule has 2 nitrogen and oxygen atoms in total. The minimum Gasteiger partial charge on any atom is -0.481 e. The zero-order valence-corrected chi connectivity index (χ0v) is 9.36. The van der Waals surface area contributed by atoms with Crippen molar-refractivity contribution in [2.45, 2.75) is 39.0 Å². The first-order chi connectivity index (χ1) is 7.15. The fraction of sp³-hybridized carbons (Fsp3) is 0.923. The van der Waals surface area contributed by atoms with E-state index in [-0.39, 0.29) is 5.92 Å². The highest BCUT2D eigenvalue weighted by Crippen LogP contribution is 2.58. The minimum absolute atomic E-state index is 0.111. The number of carboxylic acid groups (broad SMARTS) is 1. The van der Waals surface area contributed by atoms with Gasteiger partial charge in [-0.05, 0) is 61.7 Å². The molecule has 4 aliphatic carbocycles. The Labute approximate surface area is 91.1 Å². The van der Waals surface area contributed by atoms with Gasteiger partial charge in [-0.15, -0.1) is 0 Å². The third-order valence-corrected chi connectivity index (χ3v) is 5.27. The van der Waals surface area contributed by atoms with E-state index in [1.54, 1.807) is 0 Å². The number of aliphatic carboxylic acids is 1. The number of carboxylic acids is 1. The molecule has 0 unspecified atom stereocenters. The molecule has 1 N–H and O–H groups in total. The summed E-state index contributed by atoms with van der Waals surface area (Å²) in [4.78, 5) is 11.1. The van der Waals surface area contributed by atoms with Gasteiger partial charge in [0.1, 0.15) is 0 Å². The van der Waals surface area contributed by atoms with Crippen molar-refractivity contribution in [2.24, 2.45) is 35.5 Å². The van der Waals surface area contributed by atoms with Crippen LogP contribution in [0.2, 0.25) is 0 Å². The Morgan fingerprint density at radius 3 is 1.93 bits per heavy atom. The van der Waals surface area contributed by atoms with Crippen LogP contribution in [0.3, 0.4) is 0 Å². The summed E-state index contributed by atoms with van der Waals surface area (Å²) in [5.74, 6) is 3.19. The van der Waals surface area contributed by atoms with E-state index in [2.05, 4.69) is 0 Å². The maximum atomic E-state index is 11.1. The maximum Gasteiger partial charge on any atom is 0.306 e. The predicted octanol–water partition coefficient (Wildman–Crippen LogP) is 2.78. The van der Waals surface area contributed by atoms with Gasteiger partial charge in [0.2, 0.25) is 0 Å². The van der Waals surface area contributed by atoms with E-state index < -0.39 is 5.97 Å². The number of hydrogen-bond acceptors (Lipinski definition) is 1. The van der Waals surface area contributed by atoms with Crippen LogP contribution >= 0.6 is 0 Å². The van der Waals surface area contributed by atoms with E-state index in [9.17, 15) is 4.79 Å². The topological polar surface area (TPSA) is 37.3 Å². The molecule has 2 heteroatoms. The summed E-state index contributed by atoms with van der Waals surface area (Å²) in [5, 5.41) is 9.17. The molecule has 0 amide bonds. The Hall–Kier alpha value is -0.530. The molecule has 4 saturated carbocycles. The van der Waals surface area contributed by atoms with Crippen molar-refractivity contribution in [2.75, 3.05) is 0 Å². The molecule has 1 atom stereocenters. The van der Waals surface area contributed by atoms with Gasteiger partial charge in [-0.3, -0.25) is 4.79 Å². The van der Waals surface area contributed by atoms with Crippen LogP contribution in [-0.4, -0.2) is 11.1 Å². The molecule has 4 bridgehead atoms. The Balaban J connectivity index is 1.83. The van der Waals surface area contributed by atoms with E-state index in [1.165, 1.54) is 32.1 Å². The molecule has 4 rings (SSSR count). The van der Waals surface area contributed by atoms with Crippen LogP contribution in [0, 0.1) is 35.5 Å². The molecule has 0 aromatic carbocycles. The monoisotopic (exact) mass is 208 g/mol. The highest BCUT2D eigenvalue weighted by atomic mass is 16.4. The lowest BCUT2D eigenvalue weighted by molar-refractivity contribution is -0.150. The summed E-state index contributed by atoms with van der Waals surface area (Å²) in [6.45, 7) is 1.93. The van der Waals surface area contributed by atoms with Gasteiger partial charge < -0.3 is 5.11 Å². The van der Waals surface area contributed by atoms with Crippen molar-refractivity contribution in [3.8, 4) is 0 Å². The van der Waals surface area contributed by atoms with Crippen molar-refractivity contribution in [1.82, 2.24) is 0 Å². The molecule has 0 saturated heterocycles. The molecule has 84 valence electrons. The van der Waals surface area contributed by atoms with Gasteiger partial charge >= 0.3 is 5.97 Å². The second-order valence-electron chi connectivity index (χ2n) is 6.13. The largest absolute Gasteiger partial charge is 0.481 e. The average Bonchev–Trinajstić information content (AvgIpc) is 2.15. The third-order valence-electron chi connectivity index (χ3n) is 5.27. The molecular formula is C13H20O2. The normalized spacial score (nSPS) is 49.3. The summed E-state index contributed by atoms with van der Waals surface area (Å²) < 4.78 is 0. The molecule has 0 spiro atoms. The molecule has 0 heterocycles. The summed E-state index contributed by atoms with van der Waals surface area (Å²) in [7, 11) is 0. The first kappa shape index (κ1) is 9.68. The van der Waals surface area contributed by atoms with Crippen molar-refractivity contribution in [3.63, 3.8) is 0 Å². The third kappa shape index (κ3) is 1.41. The Kier molecular flexibility index (Phi) is 2.08. The van der Waals surface area contributed by atoms with E-state index in [0.717, 1.165) is 23.7 Å². The molecule has 4 aliphatic rings. The zero-order chi connectivity index (χ0) is 10.6. The predicted molar refractivity (Wildman–Crippen MR) is 57.3 cm³/mol. The smallest absolute Gasteiger partial charge is 0.306 e. The van der Waals surface area contributed by atoms with E-state index in [4.69, 9.17) is 5.11 Å². The SMILES string of the molecule is C[C@@H](C(=O)O)C1C2CC3CC(C2)CC1C3. The van der Waals surface area contributed by atoms with Gasteiger partial charge in [-0.2, -0.15) is 0 Å². The lowest BCUT2D eigenvalue weighted by Crippen LogP contribution is -2.48. The lowest BCUT2D eigenvalue weighted by atomic mass is 9.50. The molecule has 0 aromatic heterocycles. The maximum absolute atomic E-state index is 11.1. The van der Waals surface area contributed by atoms with Gasteiger partial charge in [-0.1, -0.05) is 6.92 Å². The summed E-state index contributed by atoms with van der Waals surface area (Å²) in [5.41, 5.74) is 0. The molecule has 0 radical (unpaired) electrons. The van der Waals surface area contributed by atoms with Crippen LogP contribution in [0.4, 0.5) is 0 Å². The van der Waals surface area contributed by atoms with Crippen LogP contribution in [0.1, 0.15) is 39.0 Å². The number of carbonyl (C=O) groups is 1. The first-order valence-electron chi connectivity index (χ1n) is 6.38. The van der Waals surface area contributed by atoms with Crippen LogP contribution < -0.4 is 0 Å². The fourth-order valence-corrected chi connectivity index (χ4v) is 4.95. The Morgan fingerprint density at radius 1 is 1.07 bits per heavy atom. The molecule has 4 fully saturated rings. The second kappa shape index (κ2) is 3.23. The van der Waals surface area contributed by atoms with Gasteiger partial charge in [0.15, 0.2) is 0 Å². The highest BCUT2D eigenvalue weighted by molar-refractivity contribution is 5.70. The molecular weight excluding hydrogens is 188 g/mol. The van der Waals surface area contributed by atoms with Crippen LogP contribution in [-0.2, 0) is 4.79 Å². The number of rotatable bonds is 2. The molecule has 0 aliphatic heterocycles. The van der Waals surface area contributed by atoms with Gasteiger partial charge in [0.25, 0.3) is 0 Å². The zero-order valence-electron chi connectivity index (χ0n) is 9.36. The van der Waals surface area contributed by atoms with E-state index >= 15 is 0 Å². The fourth-order valence-electron chi connectivity index (χ4n) is 4.95. The second-order valence-corrected chi connectivity index (χ2v) is 6.13. The Morgan fingerprint density at radius 2 is 1.53 bits per heavy atom. The summed E-state index contributed by atoms with van der Waals surface area (Å²) in [6, 6.07) is 0. The van der Waals surface area contributed by atoms with E-state index in [0.29, 0.717) is 5.92 Å². The van der Waals surface area contributed by atoms with Gasteiger partial charge in [0, 0.05) is 0 Å². The molecule has 15 heavy (non-hydrogen) atoms. The van der Waals surface area contributed by atoms with E-state index in [1.807, 2.05) is 6.92 Å². The lowest BCUT2D eigenvalue weighted by Gasteiger charge is -2.55. The van der Waals surface area contributed by atoms with Gasteiger partial charge in [-0.25, -0.2) is 0 Å². The van der Waals surface area contributed by atoms with Crippen molar-refractivity contribution in [3.05, 3.63) is 0 Å². The van der Waals surface area contributed by atoms with Crippen LogP contribution in [0.15, 0.2) is 0 Å². The van der Waals surface area contributed by atoms with Crippen molar-refractivity contribution >= 4 is 5.97 Å². The highest BCUT2D eigenvalue weighted by Gasteiger charge is 2.50. The first-order valence-corrected chi connectivity index (χ1v) is 6.38. The standard InChI is InChI=1S/C13H20O2/c1-7(13(14)15)12-10-3-8-2-9(5-10)6-11(12)4-8/h7-12H,2-6H2,1H3,(H,14,15)/t7-,8?,9?,10?,11?,12?/m1/s1. The van der Waals surface area contributed by atoms with Crippen molar-refractivity contribution in [1.29, 1.82) is 0 Å². The minimum atomic E-state index is -0.576. The average molecular weight is 208 g/mol. The quantitative estimate of drug-likeness (QED) is 0.757. The van der Waals surface area contributed by atoms with Crippen molar-refractivity contribution < 1.29 is 9.90 Å². The van der Waals surface area contributed by atoms with Gasteiger partial charge in [0.05, 0.1) is 5.92 Å². The summed E-state index contributed by atoms with van der Waals surface area (Å²) >= 11 is 0.